The van der Waals surface area contributed by atoms with Crippen molar-refractivity contribution in [2.75, 3.05) is 0 Å². The number of nitrogens with zero attached hydrogens (tertiary/aromatic N) is 2. The molecule has 1 heterocycles. The molecule has 1 aromatic heterocycles. The Kier molecular flexibility index (Phi) is 3.86. The topological polar surface area (TPSA) is 8.81 Å². The van der Waals surface area contributed by atoms with Crippen molar-refractivity contribution in [3.63, 3.8) is 0 Å². The Bertz CT molecular complexity index is 392. The summed E-state index contributed by atoms with van der Waals surface area (Å²) in [5.74, 6) is 0. The van der Waals surface area contributed by atoms with Crippen LogP contribution in [-0.2, 0) is 6.54 Å². The number of imidazole rings is 1. The first-order chi connectivity index (χ1) is 7.31. The number of rotatable bonds is 3. The van der Waals surface area contributed by atoms with Crippen molar-refractivity contribution >= 4 is 14.0 Å². The Balaban J connectivity index is 0.000000325. The zero-order chi connectivity index (χ0) is 13.8. The maximum absolute atomic E-state index is 10.7. The van der Waals surface area contributed by atoms with Crippen LogP contribution in [0.5, 0.6) is 0 Å². The van der Waals surface area contributed by atoms with Crippen molar-refractivity contribution in [2.45, 2.75) is 6.54 Å². The normalized spacial score (nSPS) is 14.9. The van der Waals surface area contributed by atoms with E-state index in [4.69, 9.17) is 0 Å². The molecule has 0 aliphatic rings. The number of hydrogen-bond donors (Lipinski definition) is 0. The summed E-state index contributed by atoms with van der Waals surface area (Å²) in [5, 5.41) is 0. The maximum atomic E-state index is 9.87. The minimum absolute atomic E-state index is 0.848. The minimum atomic E-state index is -10.7. The van der Waals surface area contributed by atoms with E-state index in [0.29, 0.717) is 0 Å². The second kappa shape index (κ2) is 4.18. The fraction of sp³-hybridized carbons (Fsp3) is 0.125. The van der Waals surface area contributed by atoms with Crippen LogP contribution in [0.25, 0.3) is 6.20 Å². The monoisotopic (exact) mass is 280 g/mol. The van der Waals surface area contributed by atoms with Gasteiger partial charge in [0.25, 0.3) is 0 Å². The zero-order valence-electron chi connectivity index (χ0n) is 8.62. The fourth-order valence-corrected chi connectivity index (χ4v) is 0.776. The molecule has 0 bridgehead atoms. The second-order valence-corrected chi connectivity index (χ2v) is 4.90. The van der Waals surface area contributed by atoms with Gasteiger partial charge < -0.3 is 0 Å². The summed E-state index contributed by atoms with van der Waals surface area (Å²) in [6.07, 6.45) is 9.47. The van der Waals surface area contributed by atoms with Gasteiger partial charge >= 0.3 is 33.0 Å². The van der Waals surface area contributed by atoms with E-state index < -0.39 is 7.81 Å². The van der Waals surface area contributed by atoms with Crippen molar-refractivity contribution in [3.8, 4) is 0 Å². The summed E-state index contributed by atoms with van der Waals surface area (Å²) in [6, 6.07) is 0. The van der Waals surface area contributed by atoms with Gasteiger partial charge in [-0.3, -0.25) is 0 Å². The van der Waals surface area contributed by atoms with E-state index in [2.05, 4.69) is 13.2 Å². The van der Waals surface area contributed by atoms with Crippen LogP contribution in [0.3, 0.4) is 0 Å². The molecule has 17 heavy (non-hydrogen) atoms. The molecule has 0 atom stereocenters. The molecule has 0 radical (unpaired) electrons. The van der Waals surface area contributed by atoms with Crippen LogP contribution in [0.15, 0.2) is 38.0 Å². The second-order valence-electron chi connectivity index (χ2n) is 2.99. The molecular formula is C8H11F6N2P. The van der Waals surface area contributed by atoms with Gasteiger partial charge in [0.1, 0.15) is 18.9 Å². The van der Waals surface area contributed by atoms with Gasteiger partial charge in [0.05, 0.1) is 6.20 Å². The van der Waals surface area contributed by atoms with Gasteiger partial charge in [-0.25, -0.2) is 9.13 Å². The van der Waals surface area contributed by atoms with E-state index in [-0.39, 0.29) is 0 Å². The molecule has 0 aliphatic heterocycles. The fourth-order valence-electron chi connectivity index (χ4n) is 0.776. The molecule has 0 fully saturated rings. The van der Waals surface area contributed by atoms with Crippen LogP contribution in [-0.4, -0.2) is 4.57 Å². The third-order valence-corrected chi connectivity index (χ3v) is 1.26. The van der Waals surface area contributed by atoms with Gasteiger partial charge in [0, 0.05) is 0 Å². The predicted molar refractivity (Wildman–Crippen MR) is 54.8 cm³/mol. The Morgan fingerprint density at radius 1 is 1.12 bits per heavy atom. The Hall–Kier alpha value is -1.30. The van der Waals surface area contributed by atoms with Crippen molar-refractivity contribution in [1.29, 1.82) is 0 Å². The molecule has 0 aromatic carbocycles. The van der Waals surface area contributed by atoms with Gasteiger partial charge in [-0.1, -0.05) is 19.2 Å². The summed E-state index contributed by atoms with van der Waals surface area (Å²) >= 11 is 0. The zero-order valence-corrected chi connectivity index (χ0v) is 9.51. The molecule has 1 aromatic rings. The first-order valence-corrected chi connectivity index (χ1v) is 6.21. The third-order valence-electron chi connectivity index (χ3n) is 1.26. The number of hydrogen-bond acceptors (Lipinski definition) is 0. The van der Waals surface area contributed by atoms with Crippen LogP contribution in [0.2, 0.25) is 0 Å². The van der Waals surface area contributed by atoms with Crippen LogP contribution >= 0.6 is 7.81 Å². The van der Waals surface area contributed by atoms with Crippen molar-refractivity contribution in [3.05, 3.63) is 38.0 Å². The molecule has 2 nitrogen and oxygen atoms in total. The van der Waals surface area contributed by atoms with Gasteiger partial charge in [0.15, 0.2) is 0 Å². The Labute approximate surface area is 93.7 Å². The average Bonchev–Trinajstić information content (AvgIpc) is 2.47. The first kappa shape index (κ1) is 15.7. The van der Waals surface area contributed by atoms with E-state index in [1.54, 1.807) is 6.20 Å². The summed E-state index contributed by atoms with van der Waals surface area (Å²) in [4.78, 5) is 0. The van der Waals surface area contributed by atoms with E-state index >= 15 is 0 Å². The van der Waals surface area contributed by atoms with Gasteiger partial charge in [-0.15, -0.1) is 0 Å². The molecule has 100 valence electrons. The standard InChI is InChI=1S/C8H11N2.F6P/c1-3-5-10-7-6-9(4-2)8-10;1-7(2,3,4,5)6/h3-4,6-8H,1-2,5H2;/q+1;-1. The Morgan fingerprint density at radius 2 is 1.59 bits per heavy atom. The van der Waals surface area contributed by atoms with Crippen LogP contribution in [0, 0.1) is 0 Å². The van der Waals surface area contributed by atoms with Crippen LogP contribution in [0.4, 0.5) is 25.2 Å². The average molecular weight is 280 g/mol. The first-order valence-electron chi connectivity index (χ1n) is 4.18. The molecule has 0 saturated carbocycles. The number of halogens is 6. The van der Waals surface area contributed by atoms with E-state index in [1.165, 1.54) is 0 Å². The summed E-state index contributed by atoms with van der Waals surface area (Å²) in [5.41, 5.74) is 0. The van der Waals surface area contributed by atoms with Crippen molar-refractivity contribution < 1.29 is 29.7 Å². The molecule has 0 saturated heterocycles. The third kappa shape index (κ3) is 14.7. The molecule has 0 amide bonds. The van der Waals surface area contributed by atoms with Gasteiger partial charge in [-0.2, -0.15) is 0 Å². The van der Waals surface area contributed by atoms with Crippen molar-refractivity contribution in [2.24, 2.45) is 0 Å². The SMILES string of the molecule is C=CC[n+]1ccn(C=C)c1.F[P-](F)(F)(F)(F)F. The van der Waals surface area contributed by atoms with E-state index in [1.807, 2.05) is 33.9 Å². The van der Waals surface area contributed by atoms with Gasteiger partial charge in [0.2, 0.25) is 6.33 Å². The summed E-state index contributed by atoms with van der Waals surface area (Å²) in [6.45, 7) is 8.11. The molecular weight excluding hydrogens is 269 g/mol. The molecule has 9 heteroatoms. The predicted octanol–water partition coefficient (Wildman–Crippen LogP) is 4.44. The van der Waals surface area contributed by atoms with E-state index in [0.717, 1.165) is 6.54 Å². The Morgan fingerprint density at radius 3 is 1.88 bits per heavy atom. The molecule has 0 N–H and O–H groups in total. The van der Waals surface area contributed by atoms with Gasteiger partial charge in [-0.05, 0) is 0 Å². The molecule has 0 unspecified atom stereocenters. The number of allylic oxidation sites excluding steroid dienone is 1. The van der Waals surface area contributed by atoms with Crippen LogP contribution in [0.1, 0.15) is 0 Å². The quantitative estimate of drug-likeness (QED) is 0.335. The number of aromatic nitrogens is 2. The summed E-state index contributed by atoms with van der Waals surface area (Å²) in [7, 11) is -10.7. The van der Waals surface area contributed by atoms with Crippen molar-refractivity contribution in [1.82, 2.24) is 4.57 Å². The summed E-state index contributed by atoms with van der Waals surface area (Å²) < 4.78 is 63.1. The molecule has 1 rings (SSSR count). The molecule has 0 spiro atoms. The van der Waals surface area contributed by atoms with Crippen LogP contribution < -0.4 is 4.57 Å². The molecule has 0 aliphatic carbocycles. The van der Waals surface area contributed by atoms with E-state index in [9.17, 15) is 25.2 Å².